The van der Waals surface area contributed by atoms with Crippen LogP contribution in [0.3, 0.4) is 0 Å². The maximum absolute atomic E-state index is 5.95. The number of rotatable bonds is 1. The molecule has 2 aliphatic rings. The molecule has 0 bridgehead atoms. The van der Waals surface area contributed by atoms with Crippen molar-refractivity contribution < 1.29 is 9.47 Å². The molecule has 2 nitrogen and oxygen atoms in total. The first kappa shape index (κ1) is 11.4. The highest BCUT2D eigenvalue weighted by Gasteiger charge is 2.53. The molecular weight excluding hydrogens is 188 g/mol. The zero-order valence-electron chi connectivity index (χ0n) is 10.5. The summed E-state index contributed by atoms with van der Waals surface area (Å²) >= 11 is 0. The summed E-state index contributed by atoms with van der Waals surface area (Å²) < 4.78 is 11.9. The zero-order chi connectivity index (χ0) is 11.1. The Morgan fingerprint density at radius 2 is 1.73 bits per heavy atom. The molecule has 2 rings (SSSR count). The van der Waals surface area contributed by atoms with Crippen molar-refractivity contribution in [2.45, 2.75) is 52.7 Å². The molecule has 1 aliphatic heterocycles. The maximum Gasteiger partial charge on any atom is 0.173 e. The molecule has 0 aromatic carbocycles. The van der Waals surface area contributed by atoms with E-state index in [2.05, 4.69) is 27.7 Å². The van der Waals surface area contributed by atoms with Crippen molar-refractivity contribution in [3.8, 4) is 0 Å². The van der Waals surface area contributed by atoms with Crippen molar-refractivity contribution in [2.75, 3.05) is 13.2 Å². The normalized spacial score (nSPS) is 35.2. The summed E-state index contributed by atoms with van der Waals surface area (Å²) in [6.45, 7) is 10.7. The highest BCUT2D eigenvalue weighted by atomic mass is 16.7. The Hall–Kier alpha value is -0.0800. The van der Waals surface area contributed by atoms with E-state index in [4.69, 9.17) is 9.47 Å². The molecule has 1 spiro atoms. The predicted molar refractivity (Wildman–Crippen MR) is 60.6 cm³/mol. The van der Waals surface area contributed by atoms with Gasteiger partial charge in [0.15, 0.2) is 5.79 Å². The largest absolute Gasteiger partial charge is 0.347 e. The lowest BCUT2D eigenvalue weighted by Crippen LogP contribution is -2.41. The van der Waals surface area contributed by atoms with E-state index in [0.717, 1.165) is 13.2 Å². The quantitative estimate of drug-likeness (QED) is 0.664. The van der Waals surface area contributed by atoms with Gasteiger partial charge in [0, 0.05) is 11.8 Å². The standard InChI is InChI=1S/C13H24O2/c1-10-5-6-11(9-12(2,3)4)13(10)14-7-8-15-13/h10-11H,5-9H2,1-4H3. The van der Waals surface area contributed by atoms with Crippen LogP contribution in [-0.4, -0.2) is 19.0 Å². The third kappa shape index (κ3) is 2.07. The van der Waals surface area contributed by atoms with Gasteiger partial charge in [-0.1, -0.05) is 27.7 Å². The number of hydrogen-bond acceptors (Lipinski definition) is 2. The summed E-state index contributed by atoms with van der Waals surface area (Å²) in [5.74, 6) is 0.926. The second-order valence-electron chi connectivity index (χ2n) is 6.36. The van der Waals surface area contributed by atoms with Crippen LogP contribution in [0.15, 0.2) is 0 Å². The van der Waals surface area contributed by atoms with Crippen LogP contribution < -0.4 is 0 Å². The molecule has 0 N–H and O–H groups in total. The van der Waals surface area contributed by atoms with Crippen LogP contribution in [0, 0.1) is 17.3 Å². The van der Waals surface area contributed by atoms with Crippen LogP contribution >= 0.6 is 0 Å². The van der Waals surface area contributed by atoms with Gasteiger partial charge in [-0.2, -0.15) is 0 Å². The summed E-state index contributed by atoms with van der Waals surface area (Å²) in [6.07, 6.45) is 3.72. The van der Waals surface area contributed by atoms with E-state index in [1.165, 1.54) is 19.3 Å². The van der Waals surface area contributed by atoms with E-state index in [0.29, 0.717) is 17.3 Å². The van der Waals surface area contributed by atoms with E-state index in [1.54, 1.807) is 0 Å². The average molecular weight is 212 g/mol. The molecule has 0 aromatic rings. The SMILES string of the molecule is CC1CCC(CC(C)(C)C)C12OCCO2. The fourth-order valence-electron chi connectivity index (χ4n) is 3.20. The molecular formula is C13H24O2. The van der Waals surface area contributed by atoms with E-state index in [-0.39, 0.29) is 5.79 Å². The molecule has 2 fully saturated rings. The first-order valence-corrected chi connectivity index (χ1v) is 6.22. The Morgan fingerprint density at radius 3 is 2.27 bits per heavy atom. The first-order chi connectivity index (χ1) is 6.94. The highest BCUT2D eigenvalue weighted by Crippen LogP contribution is 2.50. The molecule has 2 unspecified atom stereocenters. The average Bonchev–Trinajstić information content (AvgIpc) is 2.68. The topological polar surface area (TPSA) is 18.5 Å². The Labute approximate surface area is 93.3 Å². The van der Waals surface area contributed by atoms with Crippen molar-refractivity contribution in [3.05, 3.63) is 0 Å². The third-order valence-electron chi connectivity index (χ3n) is 3.80. The molecule has 1 saturated heterocycles. The fourth-order valence-corrected chi connectivity index (χ4v) is 3.20. The van der Waals surface area contributed by atoms with Gasteiger partial charge >= 0.3 is 0 Å². The minimum Gasteiger partial charge on any atom is -0.347 e. The van der Waals surface area contributed by atoms with Gasteiger partial charge in [-0.15, -0.1) is 0 Å². The van der Waals surface area contributed by atoms with Crippen LogP contribution in [0.1, 0.15) is 47.0 Å². The predicted octanol–water partition coefficient (Wildman–Crippen LogP) is 3.21. The van der Waals surface area contributed by atoms with Crippen LogP contribution in [0.2, 0.25) is 0 Å². The van der Waals surface area contributed by atoms with Crippen molar-refractivity contribution in [3.63, 3.8) is 0 Å². The van der Waals surface area contributed by atoms with Crippen LogP contribution in [0.25, 0.3) is 0 Å². The summed E-state index contributed by atoms with van der Waals surface area (Å²) in [6, 6.07) is 0. The van der Waals surface area contributed by atoms with Gasteiger partial charge in [-0.25, -0.2) is 0 Å². The van der Waals surface area contributed by atoms with Crippen molar-refractivity contribution in [1.82, 2.24) is 0 Å². The Morgan fingerprint density at radius 1 is 1.13 bits per heavy atom. The summed E-state index contributed by atoms with van der Waals surface area (Å²) in [5.41, 5.74) is 0.372. The van der Waals surface area contributed by atoms with Crippen LogP contribution in [0.5, 0.6) is 0 Å². The monoisotopic (exact) mass is 212 g/mol. The van der Waals surface area contributed by atoms with Gasteiger partial charge in [-0.05, 0) is 24.7 Å². The molecule has 2 heteroatoms. The molecule has 0 radical (unpaired) electrons. The lowest BCUT2D eigenvalue weighted by molar-refractivity contribution is -0.210. The van der Waals surface area contributed by atoms with Gasteiger partial charge in [0.05, 0.1) is 13.2 Å². The van der Waals surface area contributed by atoms with E-state index in [1.807, 2.05) is 0 Å². The van der Waals surface area contributed by atoms with E-state index >= 15 is 0 Å². The lowest BCUT2D eigenvalue weighted by Gasteiger charge is -2.36. The molecule has 1 saturated carbocycles. The molecule has 0 amide bonds. The second kappa shape index (κ2) is 3.74. The molecule has 0 aromatic heterocycles. The van der Waals surface area contributed by atoms with Gasteiger partial charge in [0.1, 0.15) is 0 Å². The third-order valence-corrected chi connectivity index (χ3v) is 3.80. The molecule has 88 valence electrons. The minimum absolute atomic E-state index is 0.229. The van der Waals surface area contributed by atoms with Gasteiger partial charge < -0.3 is 9.47 Å². The Balaban J connectivity index is 2.11. The lowest BCUT2D eigenvalue weighted by atomic mass is 9.81. The summed E-state index contributed by atoms with van der Waals surface area (Å²) in [5, 5.41) is 0. The number of hydrogen-bond donors (Lipinski definition) is 0. The van der Waals surface area contributed by atoms with Crippen LogP contribution in [-0.2, 0) is 9.47 Å². The van der Waals surface area contributed by atoms with Gasteiger partial charge in [0.25, 0.3) is 0 Å². The van der Waals surface area contributed by atoms with Gasteiger partial charge in [0.2, 0.25) is 0 Å². The van der Waals surface area contributed by atoms with Crippen molar-refractivity contribution in [2.24, 2.45) is 17.3 Å². The maximum atomic E-state index is 5.95. The van der Waals surface area contributed by atoms with E-state index in [9.17, 15) is 0 Å². The van der Waals surface area contributed by atoms with Crippen molar-refractivity contribution in [1.29, 1.82) is 0 Å². The highest BCUT2D eigenvalue weighted by molar-refractivity contribution is 4.95. The smallest absolute Gasteiger partial charge is 0.173 e. The van der Waals surface area contributed by atoms with E-state index < -0.39 is 0 Å². The summed E-state index contributed by atoms with van der Waals surface area (Å²) in [7, 11) is 0. The molecule has 15 heavy (non-hydrogen) atoms. The molecule has 1 heterocycles. The Kier molecular flexibility index (Phi) is 2.85. The fraction of sp³-hybridized carbons (Fsp3) is 1.00. The molecule has 1 aliphatic carbocycles. The first-order valence-electron chi connectivity index (χ1n) is 6.22. The Bertz CT molecular complexity index is 223. The number of ether oxygens (including phenoxy) is 2. The zero-order valence-corrected chi connectivity index (χ0v) is 10.5. The van der Waals surface area contributed by atoms with Crippen LogP contribution in [0.4, 0.5) is 0 Å². The minimum atomic E-state index is -0.229. The molecule has 2 atom stereocenters. The van der Waals surface area contributed by atoms with Crippen molar-refractivity contribution >= 4 is 0 Å². The second-order valence-corrected chi connectivity index (χ2v) is 6.36. The van der Waals surface area contributed by atoms with Gasteiger partial charge in [-0.3, -0.25) is 0 Å². The summed E-state index contributed by atoms with van der Waals surface area (Å²) in [4.78, 5) is 0.